The summed E-state index contributed by atoms with van der Waals surface area (Å²) < 4.78 is 8.09. The summed E-state index contributed by atoms with van der Waals surface area (Å²) in [7, 11) is 0. The summed E-state index contributed by atoms with van der Waals surface area (Å²) in [6.07, 6.45) is 1.56. The van der Waals surface area contributed by atoms with E-state index in [2.05, 4.69) is 16.0 Å². The van der Waals surface area contributed by atoms with Crippen molar-refractivity contribution in [1.29, 1.82) is 0 Å². The topological polar surface area (TPSA) is 56.2 Å². The van der Waals surface area contributed by atoms with E-state index in [-0.39, 0.29) is 5.91 Å². The van der Waals surface area contributed by atoms with Crippen molar-refractivity contribution in [2.45, 2.75) is 19.4 Å². The fraction of sp³-hybridized carbons (Fsp3) is 0.200. The van der Waals surface area contributed by atoms with Crippen LogP contribution in [-0.2, 0) is 13.0 Å². The molecule has 31 heavy (non-hydrogen) atoms. The first-order chi connectivity index (χ1) is 15.2. The lowest BCUT2D eigenvalue weighted by Crippen LogP contribution is -2.25. The van der Waals surface area contributed by atoms with Crippen LogP contribution in [0.5, 0.6) is 5.75 Å². The number of carbonyl (C=O) groups excluding carboxylic acids is 1. The van der Waals surface area contributed by atoms with Crippen molar-refractivity contribution in [2.75, 3.05) is 13.2 Å². The SMILES string of the molecule is O=C(NCCCc1nc2ccccc2n1CCOc1ccccc1)c1ccc(Cl)cc1. The molecule has 5 nitrogen and oxygen atoms in total. The minimum absolute atomic E-state index is 0.0959. The van der Waals surface area contributed by atoms with Crippen molar-refractivity contribution in [3.8, 4) is 5.75 Å². The molecule has 0 spiro atoms. The average Bonchev–Trinajstić information content (AvgIpc) is 3.15. The number of nitrogens with one attached hydrogen (secondary N) is 1. The van der Waals surface area contributed by atoms with Crippen LogP contribution in [0.15, 0.2) is 78.9 Å². The number of nitrogens with zero attached hydrogens (tertiary/aromatic N) is 2. The summed E-state index contributed by atoms with van der Waals surface area (Å²) in [5.41, 5.74) is 2.68. The molecule has 0 aliphatic rings. The van der Waals surface area contributed by atoms with Crippen LogP contribution in [0.2, 0.25) is 5.02 Å². The summed E-state index contributed by atoms with van der Waals surface area (Å²) in [5, 5.41) is 3.58. The normalized spacial score (nSPS) is 10.9. The van der Waals surface area contributed by atoms with Gasteiger partial charge < -0.3 is 14.6 Å². The Bertz CT molecular complexity index is 1140. The Morgan fingerprint density at radius 1 is 0.968 bits per heavy atom. The summed E-state index contributed by atoms with van der Waals surface area (Å²) in [5.74, 6) is 1.76. The molecule has 0 bridgehead atoms. The number of aromatic nitrogens is 2. The first-order valence-electron chi connectivity index (χ1n) is 10.4. The van der Waals surface area contributed by atoms with Crippen LogP contribution in [0, 0.1) is 0 Å². The molecular formula is C25H24ClN3O2. The third-order valence-electron chi connectivity index (χ3n) is 5.03. The number of halogens is 1. The molecule has 0 saturated heterocycles. The molecule has 158 valence electrons. The molecule has 0 aliphatic carbocycles. The first-order valence-corrected chi connectivity index (χ1v) is 10.7. The van der Waals surface area contributed by atoms with Crippen LogP contribution in [0.1, 0.15) is 22.6 Å². The second-order valence-corrected chi connectivity index (χ2v) is 7.63. The molecule has 0 fully saturated rings. The number of ether oxygens (including phenoxy) is 1. The number of para-hydroxylation sites is 3. The van der Waals surface area contributed by atoms with E-state index in [9.17, 15) is 4.79 Å². The van der Waals surface area contributed by atoms with Crippen LogP contribution < -0.4 is 10.1 Å². The van der Waals surface area contributed by atoms with E-state index >= 15 is 0 Å². The maximum atomic E-state index is 12.3. The van der Waals surface area contributed by atoms with Crippen LogP contribution in [-0.4, -0.2) is 28.6 Å². The molecule has 0 saturated carbocycles. The van der Waals surface area contributed by atoms with Gasteiger partial charge in [0.2, 0.25) is 0 Å². The number of hydrogen-bond donors (Lipinski definition) is 1. The summed E-state index contributed by atoms with van der Waals surface area (Å²) in [6.45, 7) is 1.84. The predicted octanol–water partition coefficient (Wildman–Crippen LogP) is 5.13. The number of imidazole rings is 1. The van der Waals surface area contributed by atoms with Gasteiger partial charge >= 0.3 is 0 Å². The minimum Gasteiger partial charge on any atom is -0.492 e. The molecule has 1 N–H and O–H groups in total. The average molecular weight is 434 g/mol. The van der Waals surface area contributed by atoms with E-state index in [1.807, 2.05) is 48.5 Å². The van der Waals surface area contributed by atoms with Crippen molar-refractivity contribution in [3.05, 3.63) is 95.3 Å². The van der Waals surface area contributed by atoms with Gasteiger partial charge in [-0.3, -0.25) is 4.79 Å². The standard InChI is InChI=1S/C25H24ClN3O2/c26-20-14-12-19(13-15-20)25(30)27-16-6-11-24-28-22-9-4-5-10-23(22)29(24)17-18-31-21-7-2-1-3-8-21/h1-5,7-10,12-15H,6,11,16-18H2,(H,27,30). The Labute approximate surface area is 186 Å². The Balaban J connectivity index is 1.36. The van der Waals surface area contributed by atoms with Crippen LogP contribution >= 0.6 is 11.6 Å². The molecule has 6 heteroatoms. The fourth-order valence-electron chi connectivity index (χ4n) is 3.49. The number of fused-ring (bicyclic) bond motifs is 1. The second kappa shape index (κ2) is 10.1. The molecule has 0 aliphatic heterocycles. The van der Waals surface area contributed by atoms with Crippen molar-refractivity contribution >= 4 is 28.5 Å². The van der Waals surface area contributed by atoms with Gasteiger partial charge in [0.15, 0.2) is 0 Å². The largest absolute Gasteiger partial charge is 0.492 e. The monoisotopic (exact) mass is 433 g/mol. The van der Waals surface area contributed by atoms with Crippen LogP contribution in [0.25, 0.3) is 11.0 Å². The second-order valence-electron chi connectivity index (χ2n) is 7.20. The summed E-state index contributed by atoms with van der Waals surface area (Å²) in [6, 6.07) is 24.8. The van der Waals surface area contributed by atoms with Gasteiger partial charge in [0, 0.05) is 23.6 Å². The zero-order chi connectivity index (χ0) is 21.5. The van der Waals surface area contributed by atoms with Gasteiger partial charge in [0.05, 0.1) is 17.6 Å². The predicted molar refractivity (Wildman–Crippen MR) is 124 cm³/mol. The molecule has 3 aromatic carbocycles. The fourth-order valence-corrected chi connectivity index (χ4v) is 3.61. The first kappa shape index (κ1) is 20.9. The molecule has 4 aromatic rings. The Morgan fingerprint density at radius 2 is 1.71 bits per heavy atom. The van der Waals surface area contributed by atoms with Crippen LogP contribution in [0.4, 0.5) is 0 Å². The Kier molecular flexibility index (Phi) is 6.85. The van der Waals surface area contributed by atoms with E-state index in [1.165, 1.54) is 0 Å². The van der Waals surface area contributed by atoms with E-state index in [4.69, 9.17) is 21.3 Å². The highest BCUT2D eigenvalue weighted by molar-refractivity contribution is 6.30. The molecule has 4 rings (SSSR count). The highest BCUT2D eigenvalue weighted by atomic mass is 35.5. The number of carbonyl (C=O) groups is 1. The molecule has 1 heterocycles. The van der Waals surface area contributed by atoms with Crippen molar-refractivity contribution in [2.24, 2.45) is 0 Å². The van der Waals surface area contributed by atoms with Gasteiger partial charge in [-0.1, -0.05) is 41.9 Å². The zero-order valence-corrected chi connectivity index (χ0v) is 17.9. The third-order valence-corrected chi connectivity index (χ3v) is 5.28. The van der Waals surface area contributed by atoms with Crippen LogP contribution in [0.3, 0.4) is 0 Å². The van der Waals surface area contributed by atoms with Gasteiger partial charge in [0.1, 0.15) is 18.2 Å². The van der Waals surface area contributed by atoms with E-state index in [1.54, 1.807) is 24.3 Å². The van der Waals surface area contributed by atoms with Gasteiger partial charge in [-0.2, -0.15) is 0 Å². The molecule has 1 aromatic heterocycles. The third kappa shape index (κ3) is 5.44. The smallest absolute Gasteiger partial charge is 0.251 e. The summed E-state index contributed by atoms with van der Waals surface area (Å²) in [4.78, 5) is 17.1. The molecule has 0 atom stereocenters. The number of aryl methyl sites for hydroxylation is 1. The van der Waals surface area contributed by atoms with Crippen molar-refractivity contribution in [3.63, 3.8) is 0 Å². The molecular weight excluding hydrogens is 410 g/mol. The van der Waals surface area contributed by atoms with Crippen molar-refractivity contribution < 1.29 is 9.53 Å². The van der Waals surface area contributed by atoms with E-state index < -0.39 is 0 Å². The lowest BCUT2D eigenvalue weighted by Gasteiger charge is -2.11. The maximum Gasteiger partial charge on any atom is 0.251 e. The highest BCUT2D eigenvalue weighted by Gasteiger charge is 2.11. The minimum atomic E-state index is -0.0959. The Morgan fingerprint density at radius 3 is 2.52 bits per heavy atom. The highest BCUT2D eigenvalue weighted by Crippen LogP contribution is 2.18. The Hall–Kier alpha value is -3.31. The van der Waals surface area contributed by atoms with E-state index in [0.717, 1.165) is 35.4 Å². The zero-order valence-electron chi connectivity index (χ0n) is 17.1. The van der Waals surface area contributed by atoms with Gasteiger partial charge in [-0.05, 0) is 55.0 Å². The number of rotatable bonds is 9. The van der Waals surface area contributed by atoms with Gasteiger partial charge in [-0.25, -0.2) is 4.98 Å². The maximum absolute atomic E-state index is 12.3. The van der Waals surface area contributed by atoms with Gasteiger partial charge in [0.25, 0.3) is 5.91 Å². The number of hydrogen-bond acceptors (Lipinski definition) is 3. The van der Waals surface area contributed by atoms with E-state index in [0.29, 0.717) is 30.3 Å². The van der Waals surface area contributed by atoms with Gasteiger partial charge in [-0.15, -0.1) is 0 Å². The molecule has 0 radical (unpaired) electrons. The molecule has 1 amide bonds. The summed E-state index contributed by atoms with van der Waals surface area (Å²) >= 11 is 5.88. The number of amides is 1. The molecule has 0 unspecified atom stereocenters. The lowest BCUT2D eigenvalue weighted by molar-refractivity contribution is 0.0953. The number of benzene rings is 3. The van der Waals surface area contributed by atoms with Crippen molar-refractivity contribution in [1.82, 2.24) is 14.9 Å². The lowest BCUT2D eigenvalue weighted by atomic mass is 10.2. The quantitative estimate of drug-likeness (QED) is 0.372.